The number of hydrogen-bond acceptors (Lipinski definition) is 5. The first-order valence-corrected chi connectivity index (χ1v) is 10.2. The summed E-state index contributed by atoms with van der Waals surface area (Å²) in [5.74, 6) is 0.776. The van der Waals surface area contributed by atoms with E-state index in [0.717, 1.165) is 10.9 Å². The minimum Gasteiger partial charge on any atom is -0.351 e. The third-order valence-corrected chi connectivity index (χ3v) is 5.58. The Morgan fingerprint density at radius 3 is 2.67 bits per heavy atom. The molecule has 2 aromatic carbocycles. The van der Waals surface area contributed by atoms with E-state index in [0.29, 0.717) is 33.7 Å². The molecule has 2 heterocycles. The second-order valence-corrected chi connectivity index (χ2v) is 8.37. The van der Waals surface area contributed by atoms with Crippen LogP contribution in [0.3, 0.4) is 0 Å². The van der Waals surface area contributed by atoms with Crippen LogP contribution in [0.15, 0.2) is 53.1 Å². The van der Waals surface area contributed by atoms with Gasteiger partial charge in [0.15, 0.2) is 0 Å². The maximum Gasteiger partial charge on any atom is 0.274 e. The highest BCUT2D eigenvalue weighted by Gasteiger charge is 2.14. The lowest BCUT2D eigenvalue weighted by Crippen LogP contribution is -2.14. The summed E-state index contributed by atoms with van der Waals surface area (Å²) in [6, 6.07) is 14.2. The Kier molecular flexibility index (Phi) is 4.37. The molecule has 4 aromatic rings. The zero-order valence-electron chi connectivity index (χ0n) is 14.2. The highest BCUT2D eigenvalue weighted by molar-refractivity contribution is 7.92. The van der Waals surface area contributed by atoms with E-state index < -0.39 is 10.0 Å². The number of halogens is 1. The standard InChI is InChI=1S/C18H15ClN4O3S/c1-2-27(24,25)23-14-6-3-11(4-7-14)17-21-18(26-22-17)16-10-12-9-13(19)5-8-15(12)20-16/h3-10,20,23H,2H2,1H3. The molecule has 0 amide bonds. The van der Waals surface area contributed by atoms with E-state index in [2.05, 4.69) is 19.8 Å². The van der Waals surface area contributed by atoms with Gasteiger partial charge in [0, 0.05) is 27.2 Å². The van der Waals surface area contributed by atoms with E-state index in [1.54, 1.807) is 37.3 Å². The molecule has 0 radical (unpaired) electrons. The van der Waals surface area contributed by atoms with Crippen LogP contribution < -0.4 is 4.72 Å². The van der Waals surface area contributed by atoms with Crippen molar-refractivity contribution in [3.05, 3.63) is 53.6 Å². The predicted octanol–water partition coefficient (Wildman–Crippen LogP) is 4.30. The van der Waals surface area contributed by atoms with Crippen LogP contribution in [0.1, 0.15) is 6.92 Å². The van der Waals surface area contributed by atoms with Crippen LogP contribution >= 0.6 is 11.6 Å². The van der Waals surface area contributed by atoms with Crippen LogP contribution in [0.2, 0.25) is 5.02 Å². The van der Waals surface area contributed by atoms with E-state index >= 15 is 0 Å². The average molecular weight is 403 g/mol. The second kappa shape index (κ2) is 6.71. The van der Waals surface area contributed by atoms with E-state index in [4.69, 9.17) is 16.1 Å². The number of nitrogens with zero attached hydrogens (tertiary/aromatic N) is 2. The molecule has 2 N–H and O–H groups in total. The van der Waals surface area contributed by atoms with Crippen LogP contribution in [-0.4, -0.2) is 29.3 Å². The van der Waals surface area contributed by atoms with Crippen molar-refractivity contribution >= 4 is 38.2 Å². The van der Waals surface area contributed by atoms with Gasteiger partial charge in [-0.15, -0.1) is 0 Å². The van der Waals surface area contributed by atoms with Gasteiger partial charge in [0.1, 0.15) is 5.69 Å². The van der Waals surface area contributed by atoms with Crippen molar-refractivity contribution < 1.29 is 12.9 Å². The average Bonchev–Trinajstić information content (AvgIpc) is 3.28. The van der Waals surface area contributed by atoms with Gasteiger partial charge in [-0.25, -0.2) is 8.42 Å². The number of benzene rings is 2. The molecule has 0 aliphatic rings. The molecule has 0 unspecified atom stereocenters. The van der Waals surface area contributed by atoms with E-state index in [-0.39, 0.29) is 5.75 Å². The molecule has 0 bridgehead atoms. The predicted molar refractivity (Wildman–Crippen MR) is 105 cm³/mol. The molecule has 0 saturated heterocycles. The largest absolute Gasteiger partial charge is 0.351 e. The number of rotatable bonds is 5. The SMILES string of the molecule is CCS(=O)(=O)Nc1ccc(-c2noc(-c3cc4cc(Cl)ccc4[nH]3)n2)cc1. The van der Waals surface area contributed by atoms with Crippen LogP contribution in [0.5, 0.6) is 0 Å². The Balaban J connectivity index is 1.60. The first-order chi connectivity index (χ1) is 12.9. The quantitative estimate of drug-likeness (QED) is 0.518. The smallest absolute Gasteiger partial charge is 0.274 e. The molecule has 0 aliphatic carbocycles. The van der Waals surface area contributed by atoms with Gasteiger partial charge in [-0.05, 0) is 55.5 Å². The number of H-pyrrole nitrogens is 1. The van der Waals surface area contributed by atoms with Crippen molar-refractivity contribution in [2.75, 3.05) is 10.5 Å². The molecule has 0 spiro atoms. The third-order valence-electron chi connectivity index (χ3n) is 4.04. The molecule has 9 heteroatoms. The van der Waals surface area contributed by atoms with Gasteiger partial charge in [-0.1, -0.05) is 16.8 Å². The maximum atomic E-state index is 11.6. The summed E-state index contributed by atoms with van der Waals surface area (Å²) in [5, 5.41) is 5.60. The third kappa shape index (κ3) is 3.67. The topological polar surface area (TPSA) is 101 Å². The monoisotopic (exact) mass is 402 g/mol. The summed E-state index contributed by atoms with van der Waals surface area (Å²) >= 11 is 6.01. The Hall–Kier alpha value is -2.84. The lowest BCUT2D eigenvalue weighted by atomic mass is 10.2. The van der Waals surface area contributed by atoms with Gasteiger partial charge >= 0.3 is 0 Å². The first kappa shape index (κ1) is 17.6. The highest BCUT2D eigenvalue weighted by atomic mass is 35.5. The molecule has 7 nitrogen and oxygen atoms in total. The summed E-state index contributed by atoms with van der Waals surface area (Å²) in [6.45, 7) is 1.58. The van der Waals surface area contributed by atoms with Crippen molar-refractivity contribution in [2.24, 2.45) is 0 Å². The lowest BCUT2D eigenvalue weighted by molar-refractivity contribution is 0.431. The fourth-order valence-corrected chi connectivity index (χ4v) is 3.43. The Morgan fingerprint density at radius 2 is 1.93 bits per heavy atom. The van der Waals surface area contributed by atoms with Gasteiger partial charge in [-0.3, -0.25) is 4.72 Å². The maximum absolute atomic E-state index is 11.6. The summed E-state index contributed by atoms with van der Waals surface area (Å²) < 4.78 is 31.1. The first-order valence-electron chi connectivity index (χ1n) is 8.17. The Labute approximate surface area is 160 Å². The van der Waals surface area contributed by atoms with Crippen LogP contribution in [0, 0.1) is 0 Å². The van der Waals surface area contributed by atoms with Crippen molar-refractivity contribution in [2.45, 2.75) is 6.92 Å². The zero-order valence-corrected chi connectivity index (χ0v) is 15.8. The van der Waals surface area contributed by atoms with Gasteiger partial charge in [0.25, 0.3) is 5.89 Å². The fourth-order valence-electron chi connectivity index (χ4n) is 2.61. The van der Waals surface area contributed by atoms with Crippen molar-refractivity contribution in [1.82, 2.24) is 15.1 Å². The number of fused-ring (bicyclic) bond motifs is 1. The molecule has 138 valence electrons. The van der Waals surface area contributed by atoms with Gasteiger partial charge < -0.3 is 9.51 Å². The molecule has 0 atom stereocenters. The molecule has 0 fully saturated rings. The van der Waals surface area contributed by atoms with E-state index in [1.807, 2.05) is 18.2 Å². The summed E-state index contributed by atoms with van der Waals surface area (Å²) in [6.07, 6.45) is 0. The summed E-state index contributed by atoms with van der Waals surface area (Å²) in [4.78, 5) is 7.62. The van der Waals surface area contributed by atoms with E-state index in [9.17, 15) is 8.42 Å². The van der Waals surface area contributed by atoms with E-state index in [1.165, 1.54) is 0 Å². The molecule has 27 heavy (non-hydrogen) atoms. The van der Waals surface area contributed by atoms with Crippen LogP contribution in [0.25, 0.3) is 33.9 Å². The lowest BCUT2D eigenvalue weighted by Gasteiger charge is -2.05. The molecule has 0 aliphatic heterocycles. The molecule has 2 aromatic heterocycles. The van der Waals surface area contributed by atoms with Crippen LogP contribution in [0.4, 0.5) is 5.69 Å². The minimum absolute atomic E-state index is 0.0126. The number of hydrogen-bond donors (Lipinski definition) is 2. The number of sulfonamides is 1. The number of aromatic amines is 1. The normalized spacial score (nSPS) is 11.8. The zero-order chi connectivity index (χ0) is 19.0. The molecule has 4 rings (SSSR count). The van der Waals surface area contributed by atoms with Gasteiger partial charge in [0.2, 0.25) is 15.8 Å². The molecular weight excluding hydrogens is 388 g/mol. The van der Waals surface area contributed by atoms with Crippen molar-refractivity contribution in [1.29, 1.82) is 0 Å². The van der Waals surface area contributed by atoms with Crippen molar-refractivity contribution in [3.8, 4) is 23.0 Å². The molecular formula is C18H15ClN4O3S. The Bertz CT molecular complexity index is 1210. The highest BCUT2D eigenvalue weighted by Crippen LogP contribution is 2.27. The second-order valence-electron chi connectivity index (χ2n) is 5.92. The van der Waals surface area contributed by atoms with Crippen LogP contribution in [-0.2, 0) is 10.0 Å². The van der Waals surface area contributed by atoms with Crippen molar-refractivity contribution in [3.63, 3.8) is 0 Å². The van der Waals surface area contributed by atoms with Gasteiger partial charge in [-0.2, -0.15) is 4.98 Å². The number of anilines is 1. The Morgan fingerprint density at radius 1 is 1.15 bits per heavy atom. The fraction of sp³-hybridized carbons (Fsp3) is 0.111. The number of aromatic nitrogens is 3. The summed E-state index contributed by atoms with van der Waals surface area (Å²) in [7, 11) is -3.31. The van der Waals surface area contributed by atoms with Gasteiger partial charge in [0.05, 0.1) is 5.75 Å². The number of nitrogens with one attached hydrogen (secondary N) is 2. The summed E-state index contributed by atoms with van der Waals surface area (Å²) in [5.41, 5.74) is 2.81. The minimum atomic E-state index is -3.31. The molecule has 0 saturated carbocycles.